The molecule has 10 heteroatoms. The highest BCUT2D eigenvalue weighted by Crippen LogP contribution is 2.33. The molecule has 0 aliphatic rings. The van der Waals surface area contributed by atoms with E-state index in [9.17, 15) is 23.9 Å². The Balaban J connectivity index is 3.67. The molecule has 0 aromatic carbocycles. The normalized spacial score (nSPS) is 12.2. The zero-order valence-corrected chi connectivity index (χ0v) is 42.6. The monoisotopic (exact) mass is 911 g/mol. The van der Waals surface area contributed by atoms with Gasteiger partial charge in [0.05, 0.1) is 19.4 Å². The zero-order valence-electron chi connectivity index (χ0n) is 41.7. The molecule has 0 aromatic rings. The van der Waals surface area contributed by atoms with Crippen LogP contribution in [0.2, 0.25) is 0 Å². The third-order valence-corrected chi connectivity index (χ3v) is 12.8. The topological polar surface area (TPSA) is 117 Å². The highest BCUT2D eigenvalue weighted by molar-refractivity contribution is 7.51. The molecule has 0 fully saturated rings. The third-order valence-electron chi connectivity index (χ3n) is 12.0. The van der Waals surface area contributed by atoms with Gasteiger partial charge in [-0.2, -0.15) is 0 Å². The first kappa shape index (κ1) is 61.5. The summed E-state index contributed by atoms with van der Waals surface area (Å²) in [7, 11) is -3.97. The summed E-state index contributed by atoms with van der Waals surface area (Å²) in [4.78, 5) is 47.7. The average molecular weight is 911 g/mol. The highest BCUT2D eigenvalue weighted by atomic mass is 31.2. The van der Waals surface area contributed by atoms with Gasteiger partial charge in [-0.15, -0.1) is 0 Å². The van der Waals surface area contributed by atoms with Gasteiger partial charge < -0.3 is 29.1 Å². The molecule has 0 spiro atoms. The molecule has 2 N–H and O–H groups in total. The molecule has 0 aliphatic carbocycles. The Hall–Kier alpha value is -1.51. The van der Waals surface area contributed by atoms with Gasteiger partial charge in [0.25, 0.3) is 0 Å². The van der Waals surface area contributed by atoms with E-state index in [2.05, 4.69) is 54.9 Å². The molecule has 0 bridgehead atoms. The van der Waals surface area contributed by atoms with E-state index in [0.717, 1.165) is 90.1 Å². The second kappa shape index (κ2) is 48.4. The summed E-state index contributed by atoms with van der Waals surface area (Å²) in [6.07, 6.45) is 48.5. The van der Waals surface area contributed by atoms with Crippen LogP contribution in [-0.2, 0) is 23.6 Å². The minimum atomic E-state index is -3.97. The van der Waals surface area contributed by atoms with Gasteiger partial charge in [-0.3, -0.25) is 14.2 Å². The number of unbranched alkanes of at least 4 members (excludes halogenated alkanes) is 25. The van der Waals surface area contributed by atoms with Crippen molar-refractivity contribution in [2.24, 2.45) is 0 Å². The predicted molar refractivity (Wildman–Crippen MR) is 269 cm³/mol. The van der Waals surface area contributed by atoms with Gasteiger partial charge in [0.1, 0.15) is 0 Å². The second-order valence-corrected chi connectivity index (χ2v) is 20.1. The number of hydrogen-bond acceptors (Lipinski definition) is 7. The number of nitrogens with zero attached hydrogens (tertiary/aromatic N) is 2. The summed E-state index contributed by atoms with van der Waals surface area (Å²) < 4.78 is 22.3. The third kappa shape index (κ3) is 49.8. The van der Waals surface area contributed by atoms with Crippen LogP contribution >= 0.6 is 7.60 Å². The molecule has 9 nitrogen and oxygen atoms in total. The lowest BCUT2D eigenvalue weighted by atomic mass is 10.1. The van der Waals surface area contributed by atoms with E-state index >= 15 is 0 Å². The molecule has 0 heterocycles. The van der Waals surface area contributed by atoms with Crippen LogP contribution in [0.5, 0.6) is 0 Å². The molecule has 0 saturated heterocycles. The molecule has 0 aromatic heterocycles. The number of carbonyl (C=O) groups excluding carboxylic acids is 2. The van der Waals surface area contributed by atoms with Gasteiger partial charge in [-0.1, -0.05) is 173 Å². The van der Waals surface area contributed by atoms with Crippen LogP contribution in [-0.4, -0.2) is 90.2 Å². The first-order valence-corrected chi connectivity index (χ1v) is 28.6. The summed E-state index contributed by atoms with van der Waals surface area (Å²) in [5.74, 6) is -0.0749. The van der Waals surface area contributed by atoms with E-state index in [1.54, 1.807) is 0 Å². The molecule has 0 saturated carbocycles. The predicted octanol–water partition coefficient (Wildman–Crippen LogP) is 14.7. The number of allylic oxidation sites excluding steroid dienone is 2. The second-order valence-electron chi connectivity index (χ2n) is 18.3. The quantitative estimate of drug-likeness (QED) is 0.0266. The summed E-state index contributed by atoms with van der Waals surface area (Å²) >= 11 is 0. The number of carbonyl (C=O) groups is 2. The van der Waals surface area contributed by atoms with E-state index in [4.69, 9.17) is 9.47 Å². The van der Waals surface area contributed by atoms with Crippen LogP contribution in [0.4, 0.5) is 0 Å². The van der Waals surface area contributed by atoms with Crippen LogP contribution < -0.4 is 0 Å². The van der Waals surface area contributed by atoms with Crippen LogP contribution in [0.1, 0.15) is 245 Å². The van der Waals surface area contributed by atoms with Crippen LogP contribution in [0.25, 0.3) is 0 Å². The fourth-order valence-electron chi connectivity index (χ4n) is 8.06. The molecule has 0 amide bonds. The summed E-state index contributed by atoms with van der Waals surface area (Å²) in [5, 5.41) is 0. The number of hydrogen-bond donors (Lipinski definition) is 2. The smallest absolute Gasteiger partial charge is 0.326 e. The van der Waals surface area contributed by atoms with Crippen molar-refractivity contribution in [2.45, 2.75) is 245 Å². The van der Waals surface area contributed by atoms with Crippen LogP contribution in [0.3, 0.4) is 0 Å². The van der Waals surface area contributed by atoms with Gasteiger partial charge in [-0.05, 0) is 110 Å². The lowest BCUT2D eigenvalue weighted by Crippen LogP contribution is -2.29. The van der Waals surface area contributed by atoms with Gasteiger partial charge in [0, 0.05) is 25.9 Å². The van der Waals surface area contributed by atoms with Crippen molar-refractivity contribution in [3.8, 4) is 0 Å². The first-order valence-electron chi connectivity index (χ1n) is 26.8. The Kier molecular flexibility index (Phi) is 47.3. The molecule has 0 rings (SSSR count). The van der Waals surface area contributed by atoms with E-state index in [0.29, 0.717) is 32.6 Å². The summed E-state index contributed by atoms with van der Waals surface area (Å²) in [6.45, 7) is 13.6. The molecular formula is C53H103N2O7P. The molecule has 63 heavy (non-hydrogen) atoms. The standard InChI is InChI=1S/C53H103N2O7P/c1-4-7-9-11-19-27-37-46-55(48-51-63(58,59)60)47-38-30-20-13-14-24-32-40-50-62-53(57)42-34-26-18-16-22-29-36-45-54(43-6-3)44-35-28-21-15-17-25-33-41-52(56)61-49-39-31-23-12-10-8-5-2/h19,23,27,31H,4-18,20-22,24-26,28-30,32-51H2,1-3H3,(H2,58,59,60)/b27-19-,31-23-. The zero-order chi connectivity index (χ0) is 46.2. The number of esters is 2. The van der Waals surface area contributed by atoms with E-state index in [1.807, 2.05) is 0 Å². The van der Waals surface area contributed by atoms with Gasteiger partial charge in [0.15, 0.2) is 0 Å². The Morgan fingerprint density at radius 3 is 1.22 bits per heavy atom. The molecule has 0 radical (unpaired) electrons. The molecule has 0 atom stereocenters. The Bertz CT molecular complexity index is 1100. The van der Waals surface area contributed by atoms with Gasteiger partial charge in [0.2, 0.25) is 0 Å². The van der Waals surface area contributed by atoms with Crippen LogP contribution in [0, 0.1) is 0 Å². The van der Waals surface area contributed by atoms with E-state index < -0.39 is 7.60 Å². The molecular weight excluding hydrogens is 808 g/mol. The van der Waals surface area contributed by atoms with Gasteiger partial charge in [-0.25, -0.2) is 0 Å². The van der Waals surface area contributed by atoms with E-state index in [1.165, 1.54) is 154 Å². The van der Waals surface area contributed by atoms with E-state index in [-0.39, 0.29) is 18.1 Å². The minimum Gasteiger partial charge on any atom is -0.466 e. The van der Waals surface area contributed by atoms with Crippen molar-refractivity contribution in [1.29, 1.82) is 0 Å². The van der Waals surface area contributed by atoms with Crippen molar-refractivity contribution in [1.82, 2.24) is 9.80 Å². The average Bonchev–Trinajstić information content (AvgIpc) is 3.26. The largest absolute Gasteiger partial charge is 0.466 e. The lowest BCUT2D eigenvalue weighted by molar-refractivity contribution is -0.144. The number of rotatable bonds is 50. The first-order chi connectivity index (χ1) is 30.7. The maximum atomic E-state index is 12.2. The van der Waals surface area contributed by atoms with Crippen molar-refractivity contribution in [2.75, 3.05) is 58.6 Å². The number of ether oxygens (including phenoxy) is 2. The molecule has 0 aliphatic heterocycles. The molecule has 372 valence electrons. The summed E-state index contributed by atoms with van der Waals surface area (Å²) in [5.41, 5.74) is 0. The summed E-state index contributed by atoms with van der Waals surface area (Å²) in [6, 6.07) is 0. The van der Waals surface area contributed by atoms with Gasteiger partial charge >= 0.3 is 19.5 Å². The van der Waals surface area contributed by atoms with Crippen LogP contribution in [0.15, 0.2) is 24.3 Å². The SMILES string of the molecule is CCCCC/C=C\CCOC(=O)CCCCCCCCCN(CCC)CCCCCCCCCC(=O)OCCCCCCCCCCN(CC/C=C\CCCCC)CCP(=O)(O)O. The van der Waals surface area contributed by atoms with Crippen molar-refractivity contribution in [3.05, 3.63) is 24.3 Å². The Labute approximate surface area is 389 Å². The fourth-order valence-corrected chi connectivity index (χ4v) is 8.60. The fraction of sp³-hybridized carbons (Fsp3) is 0.887. The van der Waals surface area contributed by atoms with Crippen molar-refractivity contribution in [3.63, 3.8) is 0 Å². The maximum Gasteiger partial charge on any atom is 0.326 e. The van der Waals surface area contributed by atoms with Crippen molar-refractivity contribution < 1.29 is 33.4 Å². The highest BCUT2D eigenvalue weighted by Gasteiger charge is 2.15. The molecule has 0 unspecified atom stereocenters. The maximum absolute atomic E-state index is 12.2. The van der Waals surface area contributed by atoms with Crippen molar-refractivity contribution >= 4 is 19.5 Å². The Morgan fingerprint density at radius 1 is 0.397 bits per heavy atom. The minimum absolute atomic E-state index is 0.0368. The lowest BCUT2D eigenvalue weighted by Gasteiger charge is -2.22. The Morgan fingerprint density at radius 2 is 0.778 bits per heavy atom.